The number of nitrogens with one attached hydrogen (secondary N) is 2. The zero-order chi connectivity index (χ0) is 13.4. The summed E-state index contributed by atoms with van der Waals surface area (Å²) in [5.41, 5.74) is 0.793. The molecule has 19 heavy (non-hydrogen) atoms. The lowest BCUT2D eigenvalue weighted by atomic mass is 9.81. The number of hydrogen-bond acceptors (Lipinski definition) is 6. The molecule has 0 radical (unpaired) electrons. The second-order valence-electron chi connectivity index (χ2n) is 4.06. The quantitative estimate of drug-likeness (QED) is 0.820. The van der Waals surface area contributed by atoms with E-state index in [0.717, 1.165) is 5.56 Å². The van der Waals surface area contributed by atoms with Gasteiger partial charge in [0.2, 0.25) is 11.8 Å². The van der Waals surface area contributed by atoms with Crippen LogP contribution in [-0.4, -0.2) is 15.9 Å². The summed E-state index contributed by atoms with van der Waals surface area (Å²) in [6, 6.07) is 3.88. The smallest absolute Gasteiger partial charge is 0.258 e. The van der Waals surface area contributed by atoms with Crippen molar-refractivity contribution in [2.45, 2.75) is 5.92 Å². The number of H-pyrrole nitrogens is 1. The average molecular weight is 272 g/mol. The molecule has 2 aromatic rings. The van der Waals surface area contributed by atoms with Crippen molar-refractivity contribution in [3.05, 3.63) is 44.6 Å². The molecule has 3 rings (SSSR count). The molecule has 0 saturated heterocycles. The highest BCUT2D eigenvalue weighted by molar-refractivity contribution is 7.08. The maximum absolute atomic E-state index is 12.0. The molecular formula is C12H8N4O2S. The molecule has 1 aliphatic rings. The van der Waals surface area contributed by atoms with Crippen molar-refractivity contribution >= 4 is 17.2 Å². The third kappa shape index (κ3) is 1.73. The van der Waals surface area contributed by atoms with E-state index in [9.17, 15) is 10.1 Å². The van der Waals surface area contributed by atoms with Gasteiger partial charge in [-0.3, -0.25) is 10.2 Å². The van der Waals surface area contributed by atoms with Crippen LogP contribution in [-0.2, 0) is 0 Å². The molecule has 2 unspecified atom stereocenters. The molecule has 0 amide bonds. The second kappa shape index (κ2) is 4.33. The molecule has 0 aliphatic carbocycles. The zero-order valence-corrected chi connectivity index (χ0v) is 10.4. The van der Waals surface area contributed by atoms with E-state index >= 15 is 0 Å². The first-order valence-electron chi connectivity index (χ1n) is 5.48. The second-order valence-corrected chi connectivity index (χ2v) is 4.84. The Hall–Kier alpha value is -2.46. The van der Waals surface area contributed by atoms with Crippen LogP contribution in [0.1, 0.15) is 17.0 Å². The molecule has 0 aromatic carbocycles. The molecule has 0 bridgehead atoms. The molecule has 3 heterocycles. The van der Waals surface area contributed by atoms with E-state index in [1.165, 1.54) is 17.7 Å². The number of nitrogens with zero attached hydrogens (tertiary/aromatic N) is 2. The van der Waals surface area contributed by atoms with Gasteiger partial charge in [0, 0.05) is 5.92 Å². The van der Waals surface area contributed by atoms with Gasteiger partial charge < -0.3 is 9.72 Å². The van der Waals surface area contributed by atoms with E-state index in [1.54, 1.807) is 0 Å². The molecule has 0 saturated carbocycles. The molecule has 2 aromatic heterocycles. The molecule has 2 N–H and O–H groups in total. The topological polar surface area (TPSA) is 103 Å². The minimum absolute atomic E-state index is 0.108. The van der Waals surface area contributed by atoms with Crippen LogP contribution in [0.4, 0.5) is 0 Å². The van der Waals surface area contributed by atoms with Gasteiger partial charge in [-0.25, -0.2) is 4.98 Å². The van der Waals surface area contributed by atoms with E-state index in [2.05, 4.69) is 9.97 Å². The Labute approximate surface area is 111 Å². The summed E-state index contributed by atoms with van der Waals surface area (Å²) >= 11 is 1.47. The van der Waals surface area contributed by atoms with Crippen LogP contribution in [0.5, 0.6) is 5.88 Å². The van der Waals surface area contributed by atoms with Gasteiger partial charge in [0.15, 0.2) is 0 Å². The lowest BCUT2D eigenvalue weighted by Crippen LogP contribution is -2.35. The summed E-state index contributed by atoms with van der Waals surface area (Å²) in [6.45, 7) is 0. The third-order valence-electron chi connectivity index (χ3n) is 3.03. The number of aromatic nitrogens is 2. The minimum atomic E-state index is -0.813. The molecular weight excluding hydrogens is 264 g/mol. The number of fused-ring (bicyclic) bond motifs is 1. The maximum Gasteiger partial charge on any atom is 0.258 e. The van der Waals surface area contributed by atoms with Gasteiger partial charge in [-0.1, -0.05) is 0 Å². The number of thiophene rings is 1. The van der Waals surface area contributed by atoms with Crippen molar-refractivity contribution in [3.8, 4) is 11.9 Å². The Morgan fingerprint density at radius 3 is 3.11 bits per heavy atom. The fraction of sp³-hybridized carbons (Fsp3) is 0.167. The van der Waals surface area contributed by atoms with E-state index < -0.39 is 11.8 Å². The summed E-state index contributed by atoms with van der Waals surface area (Å²) in [4.78, 5) is 18.4. The SMILES string of the molecule is N#CC1C(=N)Oc2nc[nH]c(=O)c2C1c1ccsc1. The number of nitriles is 1. The van der Waals surface area contributed by atoms with Gasteiger partial charge in [0.1, 0.15) is 5.92 Å². The Morgan fingerprint density at radius 1 is 1.58 bits per heavy atom. The number of aromatic amines is 1. The first-order valence-corrected chi connectivity index (χ1v) is 6.42. The predicted molar refractivity (Wildman–Crippen MR) is 68.5 cm³/mol. The maximum atomic E-state index is 12.0. The van der Waals surface area contributed by atoms with Crippen molar-refractivity contribution in [3.63, 3.8) is 0 Å². The van der Waals surface area contributed by atoms with Crippen molar-refractivity contribution < 1.29 is 4.74 Å². The Bertz CT molecular complexity index is 729. The van der Waals surface area contributed by atoms with Gasteiger partial charge >= 0.3 is 0 Å². The van der Waals surface area contributed by atoms with Crippen molar-refractivity contribution in [1.29, 1.82) is 10.7 Å². The zero-order valence-electron chi connectivity index (χ0n) is 9.58. The highest BCUT2D eigenvalue weighted by Crippen LogP contribution is 2.39. The van der Waals surface area contributed by atoms with E-state index in [-0.39, 0.29) is 17.3 Å². The monoisotopic (exact) mass is 272 g/mol. The van der Waals surface area contributed by atoms with Crippen LogP contribution in [0.15, 0.2) is 27.9 Å². The first kappa shape index (κ1) is 11.6. The standard InChI is InChI=1S/C12H8N4O2S/c13-3-7-8(6-1-2-19-4-6)9-11(17)15-5-16-12(9)18-10(7)14/h1-2,4-5,7-8,14H,(H,15,16,17). The molecule has 2 atom stereocenters. The molecule has 0 fully saturated rings. The average Bonchev–Trinajstić information content (AvgIpc) is 2.91. The summed E-state index contributed by atoms with van der Waals surface area (Å²) in [6.07, 6.45) is 1.23. The van der Waals surface area contributed by atoms with E-state index in [0.29, 0.717) is 5.56 Å². The lowest BCUT2D eigenvalue weighted by molar-refractivity contribution is 0.429. The Morgan fingerprint density at radius 2 is 2.42 bits per heavy atom. The summed E-state index contributed by atoms with van der Waals surface area (Å²) in [5, 5.41) is 20.8. The van der Waals surface area contributed by atoms with Crippen molar-refractivity contribution in [2.24, 2.45) is 5.92 Å². The van der Waals surface area contributed by atoms with Gasteiger partial charge in [-0.2, -0.15) is 16.6 Å². The van der Waals surface area contributed by atoms with E-state index in [4.69, 9.17) is 10.1 Å². The van der Waals surface area contributed by atoms with Gasteiger partial charge in [-0.05, 0) is 22.4 Å². The van der Waals surface area contributed by atoms with Crippen molar-refractivity contribution in [1.82, 2.24) is 9.97 Å². The molecule has 7 heteroatoms. The summed E-state index contributed by atoms with van der Waals surface area (Å²) < 4.78 is 5.18. The highest BCUT2D eigenvalue weighted by Gasteiger charge is 2.39. The normalized spacial score (nSPS) is 21.3. The highest BCUT2D eigenvalue weighted by atomic mass is 32.1. The number of rotatable bonds is 1. The van der Waals surface area contributed by atoms with Gasteiger partial charge in [0.05, 0.1) is 18.0 Å². The predicted octanol–water partition coefficient (Wildman–Crippen LogP) is 1.47. The first-order chi connectivity index (χ1) is 9.22. The largest absolute Gasteiger partial charge is 0.423 e. The van der Waals surface area contributed by atoms with Crippen LogP contribution in [0.3, 0.4) is 0 Å². The number of hydrogen-bond donors (Lipinski definition) is 2. The molecule has 0 spiro atoms. The van der Waals surface area contributed by atoms with Crippen LogP contribution >= 0.6 is 11.3 Å². The fourth-order valence-electron chi connectivity index (χ4n) is 2.18. The van der Waals surface area contributed by atoms with E-state index in [1.807, 2.05) is 22.9 Å². The van der Waals surface area contributed by atoms with Crippen LogP contribution in [0, 0.1) is 22.7 Å². The molecule has 1 aliphatic heterocycles. The van der Waals surface area contributed by atoms with Crippen LogP contribution in [0.2, 0.25) is 0 Å². The summed E-state index contributed by atoms with van der Waals surface area (Å²) in [5.74, 6) is -1.39. The minimum Gasteiger partial charge on any atom is -0.423 e. The fourth-order valence-corrected chi connectivity index (χ4v) is 2.88. The van der Waals surface area contributed by atoms with Crippen molar-refractivity contribution in [2.75, 3.05) is 0 Å². The third-order valence-corrected chi connectivity index (χ3v) is 3.73. The van der Waals surface area contributed by atoms with Gasteiger partial charge in [0.25, 0.3) is 5.56 Å². The lowest BCUT2D eigenvalue weighted by Gasteiger charge is -2.27. The van der Waals surface area contributed by atoms with Gasteiger partial charge in [-0.15, -0.1) is 0 Å². The number of ether oxygens (including phenoxy) is 1. The summed E-state index contributed by atoms with van der Waals surface area (Å²) in [7, 11) is 0. The molecule has 94 valence electrons. The Balaban J connectivity index is 2.28. The van der Waals surface area contributed by atoms with Crippen LogP contribution in [0.25, 0.3) is 0 Å². The van der Waals surface area contributed by atoms with Crippen LogP contribution < -0.4 is 10.3 Å². The molecule has 6 nitrogen and oxygen atoms in total. The Kier molecular flexibility index (Phi) is 2.65.